The van der Waals surface area contributed by atoms with E-state index in [1.54, 1.807) is 10.9 Å². The van der Waals surface area contributed by atoms with Crippen LogP contribution in [0.2, 0.25) is 0 Å². The van der Waals surface area contributed by atoms with Crippen LogP contribution in [0.4, 0.5) is 5.69 Å². The Kier molecular flexibility index (Phi) is 4.73. The van der Waals surface area contributed by atoms with Gasteiger partial charge < -0.3 is 10.0 Å². The normalized spacial score (nSPS) is 25.1. The Morgan fingerprint density at radius 3 is 2.65 bits per heavy atom. The van der Waals surface area contributed by atoms with Crippen molar-refractivity contribution in [1.29, 1.82) is 0 Å². The standard InChI is InChI=1S/C17H28N4O2/c1-19(13-17(23)8-5-3-4-6-9-17)15-7-10-21(16(15)22)14-11-18-20(2)12-14/h11-12,15,23H,3-10,13H2,1-2H3. The molecule has 23 heavy (non-hydrogen) atoms. The van der Waals surface area contributed by atoms with Gasteiger partial charge in [-0.3, -0.25) is 14.4 Å². The van der Waals surface area contributed by atoms with Crippen LogP contribution < -0.4 is 4.90 Å². The van der Waals surface area contributed by atoms with Crippen molar-refractivity contribution in [3.8, 4) is 0 Å². The van der Waals surface area contributed by atoms with Crippen molar-refractivity contribution in [3.05, 3.63) is 12.4 Å². The molecule has 1 amide bonds. The number of aromatic nitrogens is 2. The summed E-state index contributed by atoms with van der Waals surface area (Å²) >= 11 is 0. The Morgan fingerprint density at radius 1 is 1.35 bits per heavy atom. The number of rotatable bonds is 4. The summed E-state index contributed by atoms with van der Waals surface area (Å²) in [5.74, 6) is 0.123. The third-order valence-corrected chi connectivity index (χ3v) is 5.29. The zero-order valence-corrected chi connectivity index (χ0v) is 14.2. The highest BCUT2D eigenvalue weighted by molar-refractivity contribution is 5.99. The molecule has 3 rings (SSSR count). The van der Waals surface area contributed by atoms with Crippen LogP contribution in [0.15, 0.2) is 12.4 Å². The Balaban J connectivity index is 1.64. The van der Waals surface area contributed by atoms with E-state index in [0.29, 0.717) is 6.54 Å². The van der Waals surface area contributed by atoms with Gasteiger partial charge in [-0.2, -0.15) is 5.10 Å². The average molecular weight is 320 g/mol. The molecular formula is C17H28N4O2. The van der Waals surface area contributed by atoms with Crippen LogP contribution in [0.3, 0.4) is 0 Å². The first-order valence-electron chi connectivity index (χ1n) is 8.71. The fourth-order valence-electron chi connectivity index (χ4n) is 4.00. The lowest BCUT2D eigenvalue weighted by Gasteiger charge is -2.34. The highest BCUT2D eigenvalue weighted by Gasteiger charge is 2.39. The maximum Gasteiger partial charge on any atom is 0.244 e. The SMILES string of the molecule is CN(CC1(O)CCCCCC1)C1CCN(c2cnn(C)c2)C1=O. The molecule has 6 heteroatoms. The molecule has 2 fully saturated rings. The quantitative estimate of drug-likeness (QED) is 0.855. The molecule has 0 bridgehead atoms. The van der Waals surface area contributed by atoms with E-state index in [0.717, 1.165) is 44.3 Å². The topological polar surface area (TPSA) is 61.6 Å². The first kappa shape index (κ1) is 16.5. The predicted molar refractivity (Wildman–Crippen MR) is 89.2 cm³/mol. The van der Waals surface area contributed by atoms with Crippen LogP contribution in [0.5, 0.6) is 0 Å². The lowest BCUT2D eigenvalue weighted by molar-refractivity contribution is -0.122. The number of nitrogens with zero attached hydrogens (tertiary/aromatic N) is 4. The number of hydrogen-bond acceptors (Lipinski definition) is 4. The Morgan fingerprint density at radius 2 is 2.04 bits per heavy atom. The van der Waals surface area contributed by atoms with Crippen molar-refractivity contribution in [2.24, 2.45) is 7.05 Å². The van der Waals surface area contributed by atoms with E-state index < -0.39 is 5.60 Å². The summed E-state index contributed by atoms with van der Waals surface area (Å²) in [6.07, 6.45) is 10.7. The van der Waals surface area contributed by atoms with E-state index in [1.807, 2.05) is 25.2 Å². The molecule has 128 valence electrons. The third-order valence-electron chi connectivity index (χ3n) is 5.29. The molecule has 1 aromatic rings. The molecule has 1 saturated carbocycles. The number of hydrogen-bond donors (Lipinski definition) is 1. The van der Waals surface area contributed by atoms with Gasteiger partial charge in [0.2, 0.25) is 5.91 Å². The van der Waals surface area contributed by atoms with Crippen molar-refractivity contribution >= 4 is 11.6 Å². The minimum absolute atomic E-state index is 0.123. The number of anilines is 1. The molecule has 1 atom stereocenters. The van der Waals surface area contributed by atoms with Crippen molar-refractivity contribution < 1.29 is 9.90 Å². The van der Waals surface area contributed by atoms with E-state index in [2.05, 4.69) is 10.00 Å². The average Bonchev–Trinajstić information content (AvgIpc) is 3.02. The van der Waals surface area contributed by atoms with Gasteiger partial charge in [0.05, 0.1) is 23.5 Å². The largest absolute Gasteiger partial charge is 0.389 e. The molecule has 1 aromatic heterocycles. The third kappa shape index (κ3) is 3.58. The van der Waals surface area contributed by atoms with E-state index >= 15 is 0 Å². The van der Waals surface area contributed by atoms with Crippen molar-refractivity contribution in [3.63, 3.8) is 0 Å². The minimum atomic E-state index is -0.632. The first-order valence-corrected chi connectivity index (χ1v) is 8.71. The van der Waals surface area contributed by atoms with E-state index in [4.69, 9.17) is 0 Å². The minimum Gasteiger partial charge on any atom is -0.389 e. The maximum absolute atomic E-state index is 12.7. The first-order chi connectivity index (χ1) is 11.0. The number of aliphatic hydroxyl groups is 1. The summed E-state index contributed by atoms with van der Waals surface area (Å²) in [4.78, 5) is 16.6. The fraction of sp³-hybridized carbons (Fsp3) is 0.765. The predicted octanol–water partition coefficient (Wildman–Crippen LogP) is 1.54. The smallest absolute Gasteiger partial charge is 0.244 e. The van der Waals surface area contributed by atoms with Gasteiger partial charge in [-0.25, -0.2) is 0 Å². The summed E-state index contributed by atoms with van der Waals surface area (Å²) in [7, 11) is 3.83. The second-order valence-electron chi connectivity index (χ2n) is 7.22. The lowest BCUT2D eigenvalue weighted by atomic mass is 9.93. The molecule has 1 saturated heterocycles. The molecule has 1 unspecified atom stereocenters. The van der Waals surface area contributed by atoms with E-state index in [-0.39, 0.29) is 11.9 Å². The van der Waals surface area contributed by atoms with Crippen LogP contribution >= 0.6 is 0 Å². The van der Waals surface area contributed by atoms with Crippen LogP contribution in [0, 0.1) is 0 Å². The second-order valence-corrected chi connectivity index (χ2v) is 7.22. The van der Waals surface area contributed by atoms with Gasteiger partial charge in [0.25, 0.3) is 0 Å². The molecule has 1 aliphatic heterocycles. The summed E-state index contributed by atoms with van der Waals surface area (Å²) in [5.41, 5.74) is 0.231. The van der Waals surface area contributed by atoms with E-state index in [1.165, 1.54) is 12.8 Å². The molecule has 0 spiro atoms. The molecular weight excluding hydrogens is 292 g/mol. The van der Waals surface area contributed by atoms with Crippen LogP contribution in [-0.2, 0) is 11.8 Å². The van der Waals surface area contributed by atoms with E-state index in [9.17, 15) is 9.90 Å². The summed E-state index contributed by atoms with van der Waals surface area (Å²) in [6, 6.07) is -0.137. The highest BCUT2D eigenvalue weighted by atomic mass is 16.3. The summed E-state index contributed by atoms with van der Waals surface area (Å²) < 4.78 is 1.72. The zero-order chi connectivity index (χ0) is 16.4. The van der Waals surface area contributed by atoms with Gasteiger partial charge in [-0.1, -0.05) is 25.7 Å². The van der Waals surface area contributed by atoms with Gasteiger partial charge >= 0.3 is 0 Å². The molecule has 0 aromatic carbocycles. The summed E-state index contributed by atoms with van der Waals surface area (Å²) in [5, 5.41) is 15.0. The van der Waals surface area contributed by atoms with Gasteiger partial charge in [-0.05, 0) is 26.3 Å². The van der Waals surface area contributed by atoms with Crippen molar-refractivity contribution in [2.45, 2.75) is 56.6 Å². The zero-order valence-electron chi connectivity index (χ0n) is 14.2. The van der Waals surface area contributed by atoms with Gasteiger partial charge in [0.1, 0.15) is 0 Å². The molecule has 2 heterocycles. The molecule has 1 aliphatic carbocycles. The second kappa shape index (κ2) is 6.61. The van der Waals surface area contributed by atoms with Gasteiger partial charge in [-0.15, -0.1) is 0 Å². The molecule has 1 N–H and O–H groups in total. The Labute approximate surface area is 138 Å². The number of aryl methyl sites for hydroxylation is 1. The number of amides is 1. The number of carbonyl (C=O) groups excluding carboxylic acids is 1. The lowest BCUT2D eigenvalue weighted by Crippen LogP contribution is -2.48. The fourth-order valence-corrected chi connectivity index (χ4v) is 4.00. The monoisotopic (exact) mass is 320 g/mol. The molecule has 6 nitrogen and oxygen atoms in total. The van der Waals surface area contributed by atoms with Gasteiger partial charge in [0, 0.05) is 26.3 Å². The van der Waals surface area contributed by atoms with Gasteiger partial charge in [0.15, 0.2) is 0 Å². The molecule has 0 radical (unpaired) electrons. The molecule has 2 aliphatic rings. The van der Waals surface area contributed by atoms with Crippen molar-refractivity contribution in [2.75, 3.05) is 25.0 Å². The highest BCUT2D eigenvalue weighted by Crippen LogP contribution is 2.30. The Bertz CT molecular complexity index is 549. The number of likely N-dealkylation sites (N-methyl/N-ethyl adjacent to an activating group) is 1. The van der Waals surface area contributed by atoms with Crippen LogP contribution in [0.1, 0.15) is 44.9 Å². The van der Waals surface area contributed by atoms with Crippen molar-refractivity contribution in [1.82, 2.24) is 14.7 Å². The Hall–Kier alpha value is -1.40. The maximum atomic E-state index is 12.7. The number of carbonyl (C=O) groups is 1. The van der Waals surface area contributed by atoms with Crippen LogP contribution in [-0.4, -0.2) is 57.5 Å². The van der Waals surface area contributed by atoms with Crippen LogP contribution in [0.25, 0.3) is 0 Å². The summed E-state index contributed by atoms with van der Waals surface area (Å²) in [6.45, 7) is 1.31.